The Bertz CT molecular complexity index is 2770. The van der Waals surface area contributed by atoms with Crippen molar-refractivity contribution in [2.24, 2.45) is 17.8 Å². The minimum absolute atomic E-state index is 0.0196. The van der Waals surface area contributed by atoms with E-state index in [1.54, 1.807) is 39.0 Å². The van der Waals surface area contributed by atoms with Crippen LogP contribution in [-0.2, 0) is 14.2 Å². The molecule has 10 rings (SSSR count). The predicted molar refractivity (Wildman–Crippen MR) is 310 cm³/mol. The van der Waals surface area contributed by atoms with Gasteiger partial charge in [-0.3, -0.25) is 0 Å². The molecule has 4 heterocycles. The molecular formula is C66H87F6N3O3. The van der Waals surface area contributed by atoms with Crippen molar-refractivity contribution in [2.75, 3.05) is 40.0 Å². The summed E-state index contributed by atoms with van der Waals surface area (Å²) in [5.74, 6) is 1.07. The number of rotatable bonds is 0. The molecule has 0 saturated carbocycles. The smallest absolute Gasteiger partial charge is 0.154 e. The second kappa shape index (κ2) is 33.7. The Morgan fingerprint density at radius 3 is 1.37 bits per heavy atom. The number of likely N-dealkylation sites (tertiary alicyclic amines) is 1. The Labute approximate surface area is 463 Å². The zero-order valence-electron chi connectivity index (χ0n) is 49.3. The number of hydrogen-bond acceptors (Lipinski definition) is 6. The molecule has 1 aromatic heterocycles. The molecular weight excluding hydrogens is 997 g/mol. The van der Waals surface area contributed by atoms with E-state index in [0.29, 0.717) is 44.9 Å². The number of benzene rings is 6. The van der Waals surface area contributed by atoms with Crippen molar-refractivity contribution in [1.82, 2.24) is 14.9 Å². The van der Waals surface area contributed by atoms with Gasteiger partial charge in [-0.05, 0) is 204 Å². The van der Waals surface area contributed by atoms with E-state index in [1.807, 2.05) is 96.4 Å². The molecule has 0 radical (unpaired) electrons. The first-order valence-electron chi connectivity index (χ1n) is 27.2. The number of fused-ring (bicyclic) bond motifs is 2. The van der Waals surface area contributed by atoms with Gasteiger partial charge >= 0.3 is 0 Å². The average Bonchev–Trinajstić information content (AvgIpc) is 3.40. The summed E-state index contributed by atoms with van der Waals surface area (Å²) in [6, 6.07) is 24.1. The number of piperidine rings is 1. The number of hydrogen-bond donors (Lipinski definition) is 0. The molecule has 0 N–H and O–H groups in total. The van der Waals surface area contributed by atoms with Crippen LogP contribution in [0.5, 0.6) is 0 Å². The highest BCUT2D eigenvalue weighted by Gasteiger charge is 2.15. The zero-order valence-corrected chi connectivity index (χ0v) is 49.3. The molecule has 12 heteroatoms. The third-order valence-corrected chi connectivity index (χ3v) is 13.3. The average molecular weight is 1080 g/mol. The van der Waals surface area contributed by atoms with E-state index in [1.165, 1.54) is 76.9 Å². The predicted octanol–water partition coefficient (Wildman–Crippen LogP) is 17.6. The van der Waals surface area contributed by atoms with Crippen molar-refractivity contribution in [2.45, 2.75) is 142 Å². The maximum absolute atomic E-state index is 13.6. The Morgan fingerprint density at radius 2 is 0.897 bits per heavy atom. The minimum Gasteiger partial charge on any atom is -0.378 e. The minimum atomic E-state index is -0.486. The summed E-state index contributed by atoms with van der Waals surface area (Å²) in [6.07, 6.45) is 9.55. The molecule has 78 heavy (non-hydrogen) atoms. The van der Waals surface area contributed by atoms with Gasteiger partial charge in [0.25, 0.3) is 0 Å². The Balaban J connectivity index is 0.000000237. The largest absolute Gasteiger partial charge is 0.378 e. The molecule has 0 aliphatic carbocycles. The summed E-state index contributed by atoms with van der Waals surface area (Å²) < 4.78 is 93.8. The standard InChI is InChI=1S/C12H10F2.C12H11F.C8H8F2.C8H9F.C7H15N.C7H14O.C6H8N2.C6H12O2/c1-7-3-4-10-9(5-7)6-11(13)8(2)12(10)14;1-8-3-6-11-10(7-8)5-4-9(2)12(11)13;1-5-3-7(9)6(2)8(10)4-5;1-6-3-4-7(2)8(9)5-6;1-7-3-5-8(2)6-4-7;1-6-3-4-7(2)8-5-6;2*1-5-3-7-6(2)8-4-5/h3-6H,1-2H3;3-7H,1-2H3;3-4H,1-2H3;3-5H,1-2H3;7H,3-6H2,1-2H3;6-7H,3-5H2,1-2H3;3-4H,1-2H3;5-6H,3-4H2,1-2H3. The molecule has 0 spiro atoms. The van der Waals surface area contributed by atoms with Gasteiger partial charge in [-0.25, -0.2) is 36.3 Å². The quantitative estimate of drug-likeness (QED) is 0.141. The van der Waals surface area contributed by atoms with E-state index in [4.69, 9.17) is 14.2 Å². The van der Waals surface area contributed by atoms with Gasteiger partial charge in [0.2, 0.25) is 0 Å². The van der Waals surface area contributed by atoms with Crippen molar-refractivity contribution >= 4 is 21.5 Å². The fourth-order valence-corrected chi connectivity index (χ4v) is 7.85. The van der Waals surface area contributed by atoms with Gasteiger partial charge in [-0.15, -0.1) is 0 Å². The summed E-state index contributed by atoms with van der Waals surface area (Å²) in [5.41, 5.74) is 6.44. The fourth-order valence-electron chi connectivity index (χ4n) is 7.85. The molecule has 7 aromatic rings. The fraction of sp³-hybridized carbons (Fsp3) is 0.455. The van der Waals surface area contributed by atoms with Crippen LogP contribution in [0.15, 0.2) is 97.3 Å². The van der Waals surface area contributed by atoms with Crippen molar-refractivity contribution in [3.8, 4) is 0 Å². The lowest BCUT2D eigenvalue weighted by atomic mass is 10.00. The maximum Gasteiger partial charge on any atom is 0.154 e. The van der Waals surface area contributed by atoms with Crippen LogP contribution in [-0.4, -0.2) is 67.2 Å². The van der Waals surface area contributed by atoms with Crippen molar-refractivity contribution in [3.63, 3.8) is 0 Å². The summed E-state index contributed by atoms with van der Waals surface area (Å²) in [5, 5.41) is 2.79. The van der Waals surface area contributed by atoms with Crippen molar-refractivity contribution in [3.05, 3.63) is 188 Å². The van der Waals surface area contributed by atoms with E-state index >= 15 is 0 Å². The molecule has 0 bridgehead atoms. The first-order valence-corrected chi connectivity index (χ1v) is 27.2. The number of ether oxygens (including phenoxy) is 3. The van der Waals surface area contributed by atoms with Gasteiger partial charge in [0.05, 0.1) is 19.3 Å². The van der Waals surface area contributed by atoms with Gasteiger partial charge in [0.1, 0.15) is 40.7 Å². The second-order valence-electron chi connectivity index (χ2n) is 21.5. The van der Waals surface area contributed by atoms with Crippen LogP contribution in [0.4, 0.5) is 26.3 Å². The number of halogens is 6. The topological polar surface area (TPSA) is 56.7 Å². The number of nitrogens with zero attached hydrogens (tertiary/aromatic N) is 3. The highest BCUT2D eigenvalue weighted by atomic mass is 19.2. The molecule has 0 amide bonds. The van der Waals surface area contributed by atoms with Gasteiger partial charge in [-0.1, -0.05) is 92.6 Å². The van der Waals surface area contributed by atoms with Gasteiger partial charge in [0.15, 0.2) is 6.29 Å². The van der Waals surface area contributed by atoms with Crippen LogP contribution in [0.2, 0.25) is 0 Å². The molecule has 3 fully saturated rings. The normalized spacial score (nSPS) is 17.9. The molecule has 3 aliphatic heterocycles. The van der Waals surface area contributed by atoms with Crippen LogP contribution in [0.25, 0.3) is 21.5 Å². The molecule has 426 valence electrons. The second-order valence-corrected chi connectivity index (χ2v) is 21.5. The van der Waals surface area contributed by atoms with Crippen LogP contribution in [0.3, 0.4) is 0 Å². The molecule has 6 aromatic carbocycles. The van der Waals surface area contributed by atoms with Crippen LogP contribution in [0.1, 0.15) is 116 Å². The first-order chi connectivity index (χ1) is 36.7. The highest BCUT2D eigenvalue weighted by molar-refractivity contribution is 5.85. The molecule has 6 nitrogen and oxygen atoms in total. The summed E-state index contributed by atoms with van der Waals surface area (Å²) in [4.78, 5) is 10.3. The monoisotopic (exact) mass is 1080 g/mol. The van der Waals surface area contributed by atoms with Gasteiger partial charge in [-0.2, -0.15) is 0 Å². The maximum atomic E-state index is 13.6. The van der Waals surface area contributed by atoms with E-state index in [0.717, 1.165) is 65.1 Å². The van der Waals surface area contributed by atoms with E-state index in [-0.39, 0.29) is 29.1 Å². The molecule has 3 saturated heterocycles. The number of aromatic nitrogens is 2. The number of aryl methyl sites for hydroxylation is 8. The van der Waals surface area contributed by atoms with Gasteiger partial charge in [0, 0.05) is 46.8 Å². The lowest BCUT2D eigenvalue weighted by molar-refractivity contribution is -0.187. The SMILES string of the molecule is CC1CCC(C)OC1.CC1CCN(C)CC1.CC1COC(C)OC1.Cc1cc(F)c(C)c(F)c1.Cc1ccc(C)c(F)c1.Cc1ccc2c(F)c(C)c(F)cc2c1.Cc1ccc2c(F)c(C)ccc2c1.Cc1cnc(C)nc1. The summed E-state index contributed by atoms with van der Waals surface area (Å²) in [7, 11) is 2.20. The Hall–Kier alpha value is -5.66. The van der Waals surface area contributed by atoms with Crippen LogP contribution >= 0.6 is 0 Å². The lowest BCUT2D eigenvalue weighted by Gasteiger charge is -2.26. The third kappa shape index (κ3) is 24.1. The summed E-state index contributed by atoms with van der Waals surface area (Å²) >= 11 is 0. The Kier molecular flexibility index (Phi) is 28.8. The van der Waals surface area contributed by atoms with E-state index in [2.05, 4.69) is 49.6 Å². The summed E-state index contributed by atoms with van der Waals surface area (Å²) in [6.45, 7) is 33.8. The Morgan fingerprint density at radius 1 is 0.423 bits per heavy atom. The molecule has 2 atom stereocenters. The first kappa shape index (κ1) is 66.6. The lowest BCUT2D eigenvalue weighted by Crippen LogP contribution is -2.28. The van der Waals surface area contributed by atoms with E-state index in [9.17, 15) is 26.3 Å². The molecule has 2 unspecified atom stereocenters. The van der Waals surface area contributed by atoms with E-state index < -0.39 is 23.3 Å². The third-order valence-electron chi connectivity index (χ3n) is 13.3. The highest BCUT2D eigenvalue weighted by Crippen LogP contribution is 2.25. The van der Waals surface area contributed by atoms with Crippen LogP contribution < -0.4 is 0 Å². The van der Waals surface area contributed by atoms with Crippen LogP contribution in [0, 0.1) is 122 Å². The van der Waals surface area contributed by atoms with Crippen molar-refractivity contribution in [1.29, 1.82) is 0 Å². The van der Waals surface area contributed by atoms with Crippen molar-refractivity contribution < 1.29 is 40.6 Å². The molecule has 3 aliphatic rings. The zero-order chi connectivity index (χ0) is 58.2. The van der Waals surface area contributed by atoms with Gasteiger partial charge < -0.3 is 19.1 Å².